The molecule has 2 heterocycles. The molecular formula is C13H12N2O4S. The Balaban J connectivity index is 1.70. The van der Waals surface area contributed by atoms with Crippen LogP contribution < -0.4 is 4.74 Å². The summed E-state index contributed by atoms with van der Waals surface area (Å²) in [6.45, 7) is 0.501. The van der Waals surface area contributed by atoms with Gasteiger partial charge in [-0.05, 0) is 6.07 Å². The largest absolute Gasteiger partial charge is 0.492 e. The quantitative estimate of drug-likeness (QED) is 0.900. The smallest absolute Gasteiger partial charge is 0.313 e. The van der Waals surface area contributed by atoms with Gasteiger partial charge in [0, 0.05) is 5.56 Å². The predicted molar refractivity (Wildman–Crippen MR) is 71.9 cm³/mol. The Morgan fingerprint density at radius 1 is 1.45 bits per heavy atom. The molecule has 104 valence electrons. The van der Waals surface area contributed by atoms with E-state index < -0.39 is 5.97 Å². The molecule has 7 heteroatoms. The molecule has 0 spiro atoms. The van der Waals surface area contributed by atoms with Crippen LogP contribution in [0.1, 0.15) is 23.2 Å². The van der Waals surface area contributed by atoms with Crippen molar-refractivity contribution >= 4 is 17.7 Å². The first-order chi connectivity index (χ1) is 9.74. The molecule has 0 saturated heterocycles. The number of thioether (sulfide) groups is 1. The minimum Gasteiger partial charge on any atom is -0.492 e. The lowest BCUT2D eigenvalue weighted by molar-refractivity contribution is -0.133. The van der Waals surface area contributed by atoms with Crippen LogP contribution in [0.2, 0.25) is 0 Å². The number of aromatic nitrogens is 2. The minimum absolute atomic E-state index is 0.0202. The van der Waals surface area contributed by atoms with Crippen LogP contribution in [0, 0.1) is 0 Å². The molecule has 1 N–H and O–H groups in total. The third-order valence-electron chi connectivity index (χ3n) is 2.95. The highest BCUT2D eigenvalue weighted by molar-refractivity contribution is 7.99. The number of hydrogen-bond donors (Lipinski definition) is 1. The fourth-order valence-corrected chi connectivity index (χ4v) is 2.64. The molecule has 1 aromatic carbocycles. The Bertz CT molecular complexity index is 628. The molecule has 0 bridgehead atoms. The van der Waals surface area contributed by atoms with Crippen molar-refractivity contribution in [1.29, 1.82) is 0 Å². The van der Waals surface area contributed by atoms with Gasteiger partial charge in [0.2, 0.25) is 5.89 Å². The molecule has 0 saturated carbocycles. The summed E-state index contributed by atoms with van der Waals surface area (Å²) in [6.07, 6.45) is 0. The molecule has 6 nitrogen and oxygen atoms in total. The second-order valence-electron chi connectivity index (χ2n) is 4.33. The molecule has 1 aliphatic heterocycles. The number of hydrogen-bond acceptors (Lipinski definition) is 6. The third-order valence-corrected chi connectivity index (χ3v) is 3.85. The summed E-state index contributed by atoms with van der Waals surface area (Å²) in [6, 6.07) is 7.77. The van der Waals surface area contributed by atoms with E-state index in [-0.39, 0.29) is 11.7 Å². The number of carboxylic acids is 1. The lowest BCUT2D eigenvalue weighted by atomic mass is 10.0. The van der Waals surface area contributed by atoms with Gasteiger partial charge in [0.1, 0.15) is 12.4 Å². The Morgan fingerprint density at radius 2 is 2.30 bits per heavy atom. The Morgan fingerprint density at radius 3 is 3.15 bits per heavy atom. The first-order valence-electron chi connectivity index (χ1n) is 6.08. The van der Waals surface area contributed by atoms with Gasteiger partial charge in [0.05, 0.1) is 17.4 Å². The monoisotopic (exact) mass is 292 g/mol. The average molecular weight is 292 g/mol. The number of carbonyl (C=O) groups is 1. The molecule has 0 radical (unpaired) electrons. The van der Waals surface area contributed by atoms with Gasteiger partial charge in [0.25, 0.3) is 0 Å². The predicted octanol–water partition coefficient (Wildman–Crippen LogP) is 1.91. The molecule has 20 heavy (non-hydrogen) atoms. The lowest BCUT2D eigenvalue weighted by Crippen LogP contribution is -2.04. The van der Waals surface area contributed by atoms with E-state index in [1.165, 1.54) is 11.8 Å². The molecular weight excluding hydrogens is 280 g/mol. The van der Waals surface area contributed by atoms with Gasteiger partial charge in [-0.2, -0.15) is 4.98 Å². The van der Waals surface area contributed by atoms with Gasteiger partial charge in [-0.25, -0.2) is 0 Å². The second kappa shape index (κ2) is 5.54. The number of fused-ring (bicyclic) bond motifs is 1. The van der Waals surface area contributed by atoms with Crippen molar-refractivity contribution in [2.24, 2.45) is 0 Å². The summed E-state index contributed by atoms with van der Waals surface area (Å²) in [7, 11) is 0. The van der Waals surface area contributed by atoms with Crippen molar-refractivity contribution in [2.75, 3.05) is 12.4 Å². The van der Waals surface area contributed by atoms with Crippen LogP contribution in [0.5, 0.6) is 5.75 Å². The Labute approximate surface area is 119 Å². The number of benzene rings is 1. The van der Waals surface area contributed by atoms with Crippen molar-refractivity contribution in [3.63, 3.8) is 0 Å². The van der Waals surface area contributed by atoms with E-state index in [2.05, 4.69) is 10.1 Å². The fourth-order valence-electron chi connectivity index (χ4n) is 2.07. The fraction of sp³-hybridized carbons (Fsp3) is 0.308. The number of rotatable bonds is 5. The number of ether oxygens (including phenoxy) is 1. The van der Waals surface area contributed by atoms with Crippen LogP contribution in [0.25, 0.3) is 0 Å². The summed E-state index contributed by atoms with van der Waals surface area (Å²) in [5.74, 6) is 1.42. The van der Waals surface area contributed by atoms with E-state index in [0.29, 0.717) is 24.1 Å². The van der Waals surface area contributed by atoms with Gasteiger partial charge in [-0.15, -0.1) is 11.8 Å². The first kappa shape index (κ1) is 13.0. The van der Waals surface area contributed by atoms with Crippen LogP contribution in [0.4, 0.5) is 0 Å². The van der Waals surface area contributed by atoms with Crippen molar-refractivity contribution in [3.05, 3.63) is 41.5 Å². The summed E-state index contributed by atoms with van der Waals surface area (Å²) < 4.78 is 10.7. The SMILES string of the molecule is O=C(O)CSCc1nc(C2COc3ccccc32)no1. The van der Waals surface area contributed by atoms with Crippen molar-refractivity contribution < 1.29 is 19.2 Å². The molecule has 0 aliphatic carbocycles. The van der Waals surface area contributed by atoms with Crippen LogP contribution in [-0.4, -0.2) is 33.6 Å². The highest BCUT2D eigenvalue weighted by atomic mass is 32.2. The summed E-state index contributed by atoms with van der Waals surface area (Å²) in [5, 5.41) is 12.5. The van der Waals surface area contributed by atoms with Crippen LogP contribution >= 0.6 is 11.8 Å². The Hall–Kier alpha value is -2.02. The van der Waals surface area contributed by atoms with Gasteiger partial charge in [-0.1, -0.05) is 23.4 Å². The summed E-state index contributed by atoms with van der Waals surface area (Å²) in [4.78, 5) is 14.8. The minimum atomic E-state index is -0.854. The normalized spacial score (nSPS) is 16.7. The highest BCUT2D eigenvalue weighted by Gasteiger charge is 2.29. The van der Waals surface area contributed by atoms with Gasteiger partial charge >= 0.3 is 5.97 Å². The van der Waals surface area contributed by atoms with Crippen LogP contribution in [0.15, 0.2) is 28.8 Å². The molecule has 3 rings (SSSR count). The molecule has 1 aromatic heterocycles. The van der Waals surface area contributed by atoms with Crippen molar-refractivity contribution in [2.45, 2.75) is 11.7 Å². The molecule has 0 amide bonds. The third kappa shape index (κ3) is 2.62. The molecule has 1 aliphatic rings. The number of nitrogens with zero attached hydrogens (tertiary/aromatic N) is 2. The summed E-state index contributed by atoms with van der Waals surface area (Å²) in [5.41, 5.74) is 1.05. The van der Waals surface area contributed by atoms with E-state index in [1.807, 2.05) is 24.3 Å². The van der Waals surface area contributed by atoms with Gasteiger partial charge in [-0.3, -0.25) is 4.79 Å². The van der Waals surface area contributed by atoms with Crippen molar-refractivity contribution in [3.8, 4) is 5.75 Å². The summed E-state index contributed by atoms with van der Waals surface area (Å²) >= 11 is 1.23. The van der Waals surface area contributed by atoms with Crippen molar-refractivity contribution in [1.82, 2.24) is 10.1 Å². The number of aliphatic carboxylic acids is 1. The number of carboxylic acid groups (broad SMARTS) is 1. The molecule has 0 fully saturated rings. The van der Waals surface area contributed by atoms with E-state index in [1.54, 1.807) is 0 Å². The number of para-hydroxylation sites is 1. The maximum atomic E-state index is 10.4. The molecule has 2 aromatic rings. The standard InChI is InChI=1S/C13H12N2O4S/c16-12(17)7-20-6-11-14-13(15-19-11)9-5-18-10-4-2-1-3-8(9)10/h1-4,9H,5-7H2,(H,16,17). The zero-order valence-corrected chi connectivity index (χ0v) is 11.3. The van der Waals surface area contributed by atoms with Crippen LogP contribution in [-0.2, 0) is 10.5 Å². The van der Waals surface area contributed by atoms with E-state index >= 15 is 0 Å². The maximum absolute atomic E-state index is 10.4. The molecule has 1 atom stereocenters. The first-order valence-corrected chi connectivity index (χ1v) is 7.23. The van der Waals surface area contributed by atoms with Gasteiger partial charge in [0.15, 0.2) is 5.82 Å². The Kier molecular flexibility index (Phi) is 3.60. The lowest BCUT2D eigenvalue weighted by Gasteiger charge is -2.01. The van der Waals surface area contributed by atoms with E-state index in [9.17, 15) is 4.79 Å². The van der Waals surface area contributed by atoms with Gasteiger partial charge < -0.3 is 14.4 Å². The van der Waals surface area contributed by atoms with Crippen LogP contribution in [0.3, 0.4) is 0 Å². The average Bonchev–Trinajstić information content (AvgIpc) is 3.04. The highest BCUT2D eigenvalue weighted by Crippen LogP contribution is 2.36. The molecule has 1 unspecified atom stereocenters. The topological polar surface area (TPSA) is 85.5 Å². The maximum Gasteiger partial charge on any atom is 0.313 e. The van der Waals surface area contributed by atoms with E-state index in [4.69, 9.17) is 14.4 Å². The zero-order valence-electron chi connectivity index (χ0n) is 10.5. The van der Waals surface area contributed by atoms with E-state index in [0.717, 1.165) is 11.3 Å². The second-order valence-corrected chi connectivity index (χ2v) is 5.32. The zero-order chi connectivity index (χ0) is 13.9.